The van der Waals surface area contributed by atoms with Gasteiger partial charge in [-0.2, -0.15) is 15.0 Å². The van der Waals surface area contributed by atoms with Gasteiger partial charge >= 0.3 is 0 Å². The largest absolute Gasteiger partial charge is 0.351 e. The van der Waals surface area contributed by atoms with E-state index >= 15 is 0 Å². The van der Waals surface area contributed by atoms with Crippen LogP contribution in [0.1, 0.15) is 61.7 Å². The number of anilines is 4. The average Bonchev–Trinajstić information content (AvgIpc) is 3.08. The predicted molar refractivity (Wildman–Crippen MR) is 134 cm³/mol. The molecule has 0 spiro atoms. The van der Waals surface area contributed by atoms with E-state index in [0.717, 1.165) is 50.7 Å². The Balaban J connectivity index is 1.59. The summed E-state index contributed by atoms with van der Waals surface area (Å²) in [7, 11) is 4.23. The van der Waals surface area contributed by atoms with Gasteiger partial charge in [0.05, 0.1) is 5.02 Å². The van der Waals surface area contributed by atoms with E-state index in [2.05, 4.69) is 39.5 Å². The van der Waals surface area contributed by atoms with Gasteiger partial charge in [-0.25, -0.2) is 0 Å². The number of aldehydes is 1. The van der Waals surface area contributed by atoms with Crippen molar-refractivity contribution >= 4 is 41.4 Å². The van der Waals surface area contributed by atoms with Gasteiger partial charge in [-0.1, -0.05) is 37.3 Å². The second-order valence-electron chi connectivity index (χ2n) is 9.24. The highest BCUT2D eigenvalue weighted by Crippen LogP contribution is 2.26. The first-order valence-electron chi connectivity index (χ1n) is 12.0. The lowest BCUT2D eigenvalue weighted by molar-refractivity contribution is 0.112. The number of nitrogens with one attached hydrogen (secondary N) is 2. The molecule has 0 radical (unpaired) electrons. The van der Waals surface area contributed by atoms with Crippen LogP contribution in [0.15, 0.2) is 18.2 Å². The maximum atomic E-state index is 11.1. The number of hydrogen-bond acceptors (Lipinski definition) is 8. The molecule has 2 N–H and O–H groups in total. The molecule has 0 unspecified atom stereocenters. The Morgan fingerprint density at radius 1 is 1.03 bits per heavy atom. The molecule has 0 amide bonds. The molecule has 1 saturated carbocycles. The summed E-state index contributed by atoms with van der Waals surface area (Å²) in [6.07, 6.45) is 10.2. The third-order valence-corrected chi connectivity index (χ3v) is 7.07. The third-order valence-electron chi connectivity index (χ3n) is 6.75. The van der Waals surface area contributed by atoms with Crippen molar-refractivity contribution < 1.29 is 4.79 Å². The van der Waals surface area contributed by atoms with Crippen molar-refractivity contribution in [3.63, 3.8) is 0 Å². The quantitative estimate of drug-likeness (QED) is 0.442. The van der Waals surface area contributed by atoms with Crippen molar-refractivity contribution in [2.24, 2.45) is 0 Å². The van der Waals surface area contributed by atoms with Crippen molar-refractivity contribution in [1.29, 1.82) is 0 Å². The molecule has 33 heavy (non-hydrogen) atoms. The predicted octanol–water partition coefficient (Wildman–Crippen LogP) is 4.75. The highest BCUT2D eigenvalue weighted by Gasteiger charge is 2.24. The summed E-state index contributed by atoms with van der Waals surface area (Å²) >= 11 is 6.22. The van der Waals surface area contributed by atoms with Crippen molar-refractivity contribution in [2.75, 3.05) is 42.7 Å². The molecule has 8 nitrogen and oxygen atoms in total. The lowest BCUT2D eigenvalue weighted by atomic mass is 10.0. The van der Waals surface area contributed by atoms with Crippen molar-refractivity contribution in [1.82, 2.24) is 19.9 Å². The third kappa shape index (κ3) is 6.32. The topological polar surface area (TPSA) is 86.3 Å². The minimum Gasteiger partial charge on any atom is -0.351 e. The van der Waals surface area contributed by atoms with E-state index in [1.54, 1.807) is 18.2 Å². The first-order chi connectivity index (χ1) is 16.0. The number of piperidine rings is 1. The summed E-state index contributed by atoms with van der Waals surface area (Å²) in [5, 5.41) is 7.22. The van der Waals surface area contributed by atoms with Gasteiger partial charge in [0.2, 0.25) is 17.8 Å². The van der Waals surface area contributed by atoms with Crippen molar-refractivity contribution in [3.8, 4) is 0 Å². The number of aromatic nitrogens is 3. The molecule has 2 aromatic rings. The van der Waals surface area contributed by atoms with Gasteiger partial charge in [0.25, 0.3) is 0 Å². The highest BCUT2D eigenvalue weighted by molar-refractivity contribution is 6.33. The molecule has 1 aromatic carbocycles. The van der Waals surface area contributed by atoms with Gasteiger partial charge in [-0.3, -0.25) is 4.79 Å². The molecule has 2 heterocycles. The van der Waals surface area contributed by atoms with Crippen LogP contribution in [0.3, 0.4) is 0 Å². The van der Waals surface area contributed by atoms with E-state index in [1.807, 2.05) is 0 Å². The number of halogens is 1. The zero-order valence-electron chi connectivity index (χ0n) is 19.6. The van der Waals surface area contributed by atoms with Crippen LogP contribution in [0.25, 0.3) is 0 Å². The fraction of sp³-hybridized carbons (Fsp3) is 0.583. The van der Waals surface area contributed by atoms with Crippen LogP contribution in [0, 0.1) is 0 Å². The van der Waals surface area contributed by atoms with E-state index < -0.39 is 0 Å². The van der Waals surface area contributed by atoms with Crippen LogP contribution in [0.5, 0.6) is 0 Å². The molecule has 9 heteroatoms. The van der Waals surface area contributed by atoms with Gasteiger partial charge in [-0.05, 0) is 64.0 Å². The molecule has 0 atom stereocenters. The molecular formula is C24H34ClN7O. The van der Waals surface area contributed by atoms with E-state index in [-0.39, 0.29) is 0 Å². The van der Waals surface area contributed by atoms with Gasteiger partial charge < -0.3 is 20.4 Å². The first-order valence-corrected chi connectivity index (χ1v) is 12.4. The number of nitrogens with zero attached hydrogens (tertiary/aromatic N) is 5. The van der Waals surface area contributed by atoms with Gasteiger partial charge in [0, 0.05) is 30.4 Å². The van der Waals surface area contributed by atoms with Crippen LogP contribution < -0.4 is 15.5 Å². The Labute approximate surface area is 201 Å². The number of likely N-dealkylation sites (tertiary alicyclic amines) is 1. The zero-order valence-corrected chi connectivity index (χ0v) is 20.3. The number of benzene rings is 1. The SMILES string of the molecule is CN1CCC(N(C)c2nc(Nc3ccc(C=O)c(Cl)c3)nc(NC3CCCCCC3)n2)CC1. The molecule has 1 saturated heterocycles. The minimum atomic E-state index is 0.380. The fourth-order valence-electron chi connectivity index (χ4n) is 4.62. The molecule has 1 aliphatic heterocycles. The van der Waals surface area contributed by atoms with Gasteiger partial charge in [0.1, 0.15) is 0 Å². The summed E-state index contributed by atoms with van der Waals surface area (Å²) in [5.41, 5.74) is 1.18. The van der Waals surface area contributed by atoms with Crippen LogP contribution in [0.2, 0.25) is 5.02 Å². The highest BCUT2D eigenvalue weighted by atomic mass is 35.5. The summed E-state index contributed by atoms with van der Waals surface area (Å²) in [6.45, 7) is 2.14. The van der Waals surface area contributed by atoms with E-state index in [4.69, 9.17) is 21.6 Å². The number of carbonyl (C=O) groups excluding carboxylic acids is 1. The Bertz CT molecular complexity index is 940. The van der Waals surface area contributed by atoms with Crippen LogP contribution in [-0.2, 0) is 0 Å². The fourth-order valence-corrected chi connectivity index (χ4v) is 4.85. The maximum absolute atomic E-state index is 11.1. The minimum absolute atomic E-state index is 0.380. The molecule has 178 valence electrons. The Hall–Kier alpha value is -2.45. The zero-order chi connectivity index (χ0) is 23.2. The molecular weight excluding hydrogens is 438 g/mol. The second kappa shape index (κ2) is 11.1. The standard InChI is InChI=1S/C24H34ClN7O/c1-31-13-11-20(12-14-31)32(2)24-29-22(26-18-7-5-3-4-6-8-18)28-23(30-24)27-19-10-9-17(16-33)21(25)15-19/h9-10,15-16,18,20H,3-8,11-14H2,1-2H3,(H2,26,27,28,29,30). The number of hydrogen-bond donors (Lipinski definition) is 2. The average molecular weight is 472 g/mol. The first kappa shape index (κ1) is 23.7. The summed E-state index contributed by atoms with van der Waals surface area (Å²) in [6, 6.07) is 5.98. The molecule has 4 rings (SSSR count). The summed E-state index contributed by atoms with van der Waals surface area (Å²) < 4.78 is 0. The van der Waals surface area contributed by atoms with Crippen LogP contribution in [-0.4, -0.2) is 65.4 Å². The van der Waals surface area contributed by atoms with Gasteiger partial charge in [0.15, 0.2) is 6.29 Å². The Morgan fingerprint density at radius 3 is 2.39 bits per heavy atom. The van der Waals surface area contributed by atoms with Crippen molar-refractivity contribution in [2.45, 2.75) is 63.5 Å². The van der Waals surface area contributed by atoms with E-state index in [0.29, 0.717) is 40.5 Å². The molecule has 1 aliphatic carbocycles. The van der Waals surface area contributed by atoms with Crippen LogP contribution >= 0.6 is 11.6 Å². The maximum Gasteiger partial charge on any atom is 0.233 e. The number of rotatable bonds is 7. The monoisotopic (exact) mass is 471 g/mol. The van der Waals surface area contributed by atoms with Gasteiger partial charge in [-0.15, -0.1) is 0 Å². The van der Waals surface area contributed by atoms with Crippen LogP contribution in [0.4, 0.5) is 23.5 Å². The second-order valence-corrected chi connectivity index (χ2v) is 9.65. The molecule has 2 aliphatic rings. The summed E-state index contributed by atoms with van der Waals surface area (Å²) in [4.78, 5) is 29.8. The summed E-state index contributed by atoms with van der Waals surface area (Å²) in [5.74, 6) is 1.73. The van der Waals surface area contributed by atoms with Crippen molar-refractivity contribution in [3.05, 3.63) is 28.8 Å². The van der Waals surface area contributed by atoms with E-state index in [9.17, 15) is 4.79 Å². The number of carbonyl (C=O) groups is 1. The molecule has 0 bridgehead atoms. The van der Waals surface area contributed by atoms with E-state index in [1.165, 1.54) is 25.7 Å². The Kier molecular flexibility index (Phi) is 7.98. The smallest absolute Gasteiger partial charge is 0.233 e. The normalized spacial score (nSPS) is 18.5. The molecule has 1 aromatic heterocycles. The lowest BCUT2D eigenvalue weighted by Crippen LogP contribution is -2.42. The lowest BCUT2D eigenvalue weighted by Gasteiger charge is -2.35. The molecule has 2 fully saturated rings. The Morgan fingerprint density at radius 2 is 1.73 bits per heavy atom.